The SMILES string of the molecule is Cc1nc(CO[C@H]2/C=C\CC[C@@H](C)S(=O)(=O)NC(=O)c3ccc4c(c3)N(C[C@@H]3CC[C@H]32)C[C@@]2(CCCc3cc(Cl)ccc32)CO4)no1. The number of hydrogen-bond donors (Lipinski definition) is 1. The molecule has 4 aliphatic rings. The molecule has 10 nitrogen and oxygen atoms in total. The smallest absolute Gasteiger partial charge is 0.264 e. The normalized spacial score (nSPS) is 29.4. The van der Waals surface area contributed by atoms with E-state index in [4.69, 9.17) is 25.6 Å². The number of carbonyl (C=O) groups is 1. The van der Waals surface area contributed by atoms with Crippen molar-refractivity contribution in [2.75, 3.05) is 24.6 Å². The fourth-order valence-electron chi connectivity index (χ4n) is 7.69. The maximum Gasteiger partial charge on any atom is 0.264 e. The van der Waals surface area contributed by atoms with Gasteiger partial charge in [-0.1, -0.05) is 35.0 Å². The highest BCUT2D eigenvalue weighted by molar-refractivity contribution is 7.90. The zero-order valence-corrected chi connectivity index (χ0v) is 28.4. The molecule has 1 fully saturated rings. The molecule has 5 atom stereocenters. The summed E-state index contributed by atoms with van der Waals surface area (Å²) in [6, 6.07) is 11.4. The number of nitrogens with one attached hydrogen (secondary N) is 1. The largest absolute Gasteiger partial charge is 0.490 e. The van der Waals surface area contributed by atoms with Crippen molar-refractivity contribution in [3.05, 3.63) is 82.0 Å². The lowest BCUT2D eigenvalue weighted by Gasteiger charge is -2.46. The van der Waals surface area contributed by atoms with Crippen molar-refractivity contribution in [2.24, 2.45) is 11.8 Å². The van der Waals surface area contributed by atoms with Crippen molar-refractivity contribution >= 4 is 33.2 Å². The van der Waals surface area contributed by atoms with Crippen molar-refractivity contribution < 1.29 is 27.2 Å². The highest BCUT2D eigenvalue weighted by Crippen LogP contribution is 2.47. The summed E-state index contributed by atoms with van der Waals surface area (Å²) in [6.07, 6.45) is 9.75. The lowest BCUT2D eigenvalue weighted by molar-refractivity contribution is -0.0253. The molecule has 12 heteroatoms. The molecule has 1 aromatic heterocycles. The van der Waals surface area contributed by atoms with Crippen LogP contribution in [0.25, 0.3) is 0 Å². The van der Waals surface area contributed by atoms with E-state index in [2.05, 4.69) is 38.0 Å². The number of nitrogens with zero attached hydrogens (tertiary/aromatic N) is 3. The molecule has 1 spiro atoms. The Morgan fingerprint density at radius 2 is 2.04 bits per heavy atom. The molecule has 0 radical (unpaired) electrons. The number of rotatable bonds is 3. The van der Waals surface area contributed by atoms with Gasteiger partial charge in [0.25, 0.3) is 5.91 Å². The fraction of sp³-hybridized carbons (Fsp3) is 0.514. The predicted molar refractivity (Wildman–Crippen MR) is 178 cm³/mol. The number of carbonyl (C=O) groups excluding carboxylic acids is 1. The van der Waals surface area contributed by atoms with E-state index in [1.165, 1.54) is 11.1 Å². The molecule has 2 aromatic carbocycles. The third-order valence-corrected chi connectivity index (χ3v) is 12.5. The van der Waals surface area contributed by atoms with Gasteiger partial charge in [0.1, 0.15) is 12.4 Å². The van der Waals surface area contributed by atoms with E-state index in [1.54, 1.807) is 32.0 Å². The van der Waals surface area contributed by atoms with Crippen molar-refractivity contribution in [1.29, 1.82) is 0 Å². The number of benzene rings is 2. The molecule has 7 rings (SSSR count). The van der Waals surface area contributed by atoms with Crippen LogP contribution in [0.3, 0.4) is 0 Å². The number of sulfonamides is 1. The zero-order valence-electron chi connectivity index (χ0n) is 26.8. The topological polar surface area (TPSA) is 124 Å². The first-order valence-corrected chi connectivity index (χ1v) is 18.5. The molecule has 2 aliphatic heterocycles. The number of aromatic nitrogens is 2. The predicted octanol–water partition coefficient (Wildman–Crippen LogP) is 5.91. The van der Waals surface area contributed by atoms with Crippen LogP contribution >= 0.6 is 11.6 Å². The summed E-state index contributed by atoms with van der Waals surface area (Å²) in [7, 11) is -3.90. The highest BCUT2D eigenvalue weighted by atomic mass is 35.5. The van der Waals surface area contributed by atoms with Gasteiger partial charge in [-0.25, -0.2) is 13.1 Å². The second kappa shape index (κ2) is 12.9. The van der Waals surface area contributed by atoms with Crippen LogP contribution < -0.4 is 14.4 Å². The molecule has 250 valence electrons. The minimum atomic E-state index is -3.90. The Bertz CT molecular complexity index is 1790. The molecule has 1 saturated carbocycles. The molecule has 1 amide bonds. The Balaban J connectivity index is 1.26. The maximum atomic E-state index is 13.4. The Morgan fingerprint density at radius 1 is 1.17 bits per heavy atom. The second-order valence-corrected chi connectivity index (χ2v) is 16.1. The fourth-order valence-corrected chi connectivity index (χ4v) is 8.91. The van der Waals surface area contributed by atoms with Crippen LogP contribution in [0.1, 0.15) is 78.6 Å². The first-order chi connectivity index (χ1) is 22.6. The van der Waals surface area contributed by atoms with E-state index < -0.39 is 21.2 Å². The summed E-state index contributed by atoms with van der Waals surface area (Å²) >= 11 is 6.43. The van der Waals surface area contributed by atoms with Crippen molar-refractivity contribution in [3.63, 3.8) is 0 Å². The monoisotopic (exact) mass is 680 g/mol. The number of ether oxygens (including phenoxy) is 2. The average Bonchev–Trinajstić information content (AvgIpc) is 3.39. The standard InChI is InChI=1S/C35H41ClN4O6S/c1-22-6-3-4-8-31(44-19-33-37-23(2)46-38-33)28-12-9-26(28)18-40-20-35(15-5-7-24-16-27(36)11-13-29(24)35)21-45-32-14-10-25(17-30(32)40)34(41)39-47(22,42)43/h4,8,10-11,13-14,16-17,22,26,28,31H,3,5-7,9,12,15,18-21H2,1-2H3,(H,39,41)/b8-4-/t22-,26+,28-,31+,35+/m1/s1. The van der Waals surface area contributed by atoms with E-state index in [1.807, 2.05) is 12.1 Å². The Hall–Kier alpha value is -3.41. The summed E-state index contributed by atoms with van der Waals surface area (Å²) in [6.45, 7) is 5.53. The van der Waals surface area contributed by atoms with Crippen molar-refractivity contribution in [3.8, 4) is 5.75 Å². The minimum Gasteiger partial charge on any atom is -0.490 e. The van der Waals surface area contributed by atoms with Gasteiger partial charge in [-0.3, -0.25) is 4.79 Å². The van der Waals surface area contributed by atoms with Gasteiger partial charge in [0.2, 0.25) is 15.9 Å². The number of anilines is 1. The van der Waals surface area contributed by atoms with E-state index >= 15 is 0 Å². The Labute approximate surface area is 280 Å². The van der Waals surface area contributed by atoms with Gasteiger partial charge in [0.05, 0.1) is 23.6 Å². The van der Waals surface area contributed by atoms with Gasteiger partial charge in [-0.2, -0.15) is 4.98 Å². The number of amides is 1. The Kier molecular flexibility index (Phi) is 8.82. The number of hydrogen-bond acceptors (Lipinski definition) is 9. The Morgan fingerprint density at radius 3 is 2.83 bits per heavy atom. The lowest BCUT2D eigenvalue weighted by Crippen LogP contribution is -2.49. The quantitative estimate of drug-likeness (QED) is 0.336. The van der Waals surface area contributed by atoms with Gasteiger partial charge in [-0.15, -0.1) is 0 Å². The molecule has 2 aliphatic carbocycles. The van der Waals surface area contributed by atoms with E-state index in [9.17, 15) is 13.2 Å². The number of aryl methyl sites for hydroxylation is 2. The molecule has 1 N–H and O–H groups in total. The molecule has 3 aromatic rings. The van der Waals surface area contributed by atoms with Crippen LogP contribution in [0, 0.1) is 18.8 Å². The molecular formula is C35H41ClN4O6S. The number of fused-ring (bicyclic) bond motifs is 4. The third-order valence-electron chi connectivity index (χ3n) is 10.5. The molecule has 0 saturated heterocycles. The van der Waals surface area contributed by atoms with Crippen LogP contribution in [-0.4, -0.2) is 55.5 Å². The number of allylic oxidation sites excluding steroid dienone is 1. The third kappa shape index (κ3) is 6.54. The van der Waals surface area contributed by atoms with Crippen LogP contribution in [-0.2, 0) is 33.2 Å². The van der Waals surface area contributed by atoms with Crippen molar-refractivity contribution in [2.45, 2.75) is 82.2 Å². The zero-order chi connectivity index (χ0) is 32.8. The first-order valence-electron chi connectivity index (χ1n) is 16.5. The highest BCUT2D eigenvalue weighted by Gasteiger charge is 2.44. The summed E-state index contributed by atoms with van der Waals surface area (Å²) < 4.78 is 46.9. The van der Waals surface area contributed by atoms with E-state index in [0.29, 0.717) is 49.4 Å². The molecule has 2 bridgehead atoms. The first kappa shape index (κ1) is 32.2. The minimum absolute atomic E-state index is 0.201. The van der Waals surface area contributed by atoms with E-state index in [0.717, 1.165) is 49.4 Å². The maximum absolute atomic E-state index is 13.4. The van der Waals surface area contributed by atoms with Crippen LogP contribution in [0.2, 0.25) is 5.02 Å². The molecule has 47 heavy (non-hydrogen) atoms. The van der Waals surface area contributed by atoms with Crippen LogP contribution in [0.5, 0.6) is 5.75 Å². The van der Waals surface area contributed by atoms with Crippen LogP contribution in [0.4, 0.5) is 5.69 Å². The lowest BCUT2D eigenvalue weighted by atomic mass is 9.68. The van der Waals surface area contributed by atoms with Gasteiger partial charge >= 0.3 is 0 Å². The molecular weight excluding hydrogens is 640 g/mol. The van der Waals surface area contributed by atoms with E-state index in [-0.39, 0.29) is 29.6 Å². The summed E-state index contributed by atoms with van der Waals surface area (Å²) in [5.74, 6) is 1.60. The van der Waals surface area contributed by atoms with Gasteiger partial charge in [-0.05, 0) is 105 Å². The van der Waals surface area contributed by atoms with Gasteiger partial charge in [0, 0.05) is 36.0 Å². The summed E-state index contributed by atoms with van der Waals surface area (Å²) in [5.41, 5.74) is 3.33. The second-order valence-electron chi connectivity index (χ2n) is 13.6. The van der Waals surface area contributed by atoms with Gasteiger partial charge < -0.3 is 18.9 Å². The average molecular weight is 681 g/mol. The van der Waals surface area contributed by atoms with Crippen molar-refractivity contribution in [1.82, 2.24) is 14.9 Å². The van der Waals surface area contributed by atoms with Crippen LogP contribution in [0.15, 0.2) is 53.1 Å². The van der Waals surface area contributed by atoms with Gasteiger partial charge in [0.15, 0.2) is 5.82 Å². The molecule has 3 heterocycles. The summed E-state index contributed by atoms with van der Waals surface area (Å²) in [5, 5.41) is 3.98. The number of halogens is 1. The molecule has 0 unspecified atom stereocenters. The summed E-state index contributed by atoms with van der Waals surface area (Å²) in [4.78, 5) is 20.1.